The zero-order valence-electron chi connectivity index (χ0n) is 14.4. The smallest absolute Gasteiger partial charge is 0.191 e. The molecule has 1 fully saturated rings. The Morgan fingerprint density at radius 1 is 1.39 bits per heavy atom. The molecular weight excluding hydrogens is 293 g/mol. The van der Waals surface area contributed by atoms with Crippen LogP contribution in [0.2, 0.25) is 0 Å². The van der Waals surface area contributed by atoms with Gasteiger partial charge in [0, 0.05) is 25.1 Å². The number of hydrogen-bond donors (Lipinski definition) is 2. The highest BCUT2D eigenvalue weighted by Gasteiger charge is 2.21. The van der Waals surface area contributed by atoms with Gasteiger partial charge in [-0.05, 0) is 37.5 Å². The van der Waals surface area contributed by atoms with E-state index in [1.54, 1.807) is 12.1 Å². The van der Waals surface area contributed by atoms with Gasteiger partial charge >= 0.3 is 0 Å². The number of aliphatic imine (C=N–C) groups is 1. The normalized spacial score (nSPS) is 19.0. The number of benzene rings is 1. The van der Waals surface area contributed by atoms with E-state index in [-0.39, 0.29) is 17.3 Å². The number of ether oxygens (including phenoxy) is 1. The maximum Gasteiger partial charge on any atom is 0.191 e. The van der Waals surface area contributed by atoms with Crippen molar-refractivity contribution in [1.29, 1.82) is 0 Å². The van der Waals surface area contributed by atoms with Gasteiger partial charge in [-0.25, -0.2) is 4.39 Å². The molecule has 1 heterocycles. The summed E-state index contributed by atoms with van der Waals surface area (Å²) in [5, 5.41) is 6.59. The molecule has 1 atom stereocenters. The summed E-state index contributed by atoms with van der Waals surface area (Å²) in [6.07, 6.45) is 2.50. The summed E-state index contributed by atoms with van der Waals surface area (Å²) in [7, 11) is 0. The lowest BCUT2D eigenvalue weighted by Gasteiger charge is -2.24. The molecule has 0 saturated carbocycles. The van der Waals surface area contributed by atoms with E-state index in [2.05, 4.69) is 29.5 Å². The van der Waals surface area contributed by atoms with E-state index in [4.69, 9.17) is 4.74 Å². The van der Waals surface area contributed by atoms with Gasteiger partial charge in [-0.15, -0.1) is 0 Å². The maximum absolute atomic E-state index is 13.4. The third kappa shape index (κ3) is 5.50. The molecule has 0 amide bonds. The van der Waals surface area contributed by atoms with Gasteiger partial charge in [0.2, 0.25) is 0 Å². The van der Waals surface area contributed by atoms with Gasteiger partial charge in [-0.1, -0.05) is 26.0 Å². The van der Waals surface area contributed by atoms with E-state index in [0.29, 0.717) is 6.54 Å². The van der Waals surface area contributed by atoms with Crippen LogP contribution in [0.5, 0.6) is 0 Å². The van der Waals surface area contributed by atoms with Gasteiger partial charge in [-0.3, -0.25) is 4.99 Å². The maximum atomic E-state index is 13.4. The van der Waals surface area contributed by atoms with Crippen LogP contribution in [0.15, 0.2) is 29.3 Å². The highest BCUT2D eigenvalue weighted by molar-refractivity contribution is 5.79. The van der Waals surface area contributed by atoms with E-state index in [0.717, 1.165) is 44.1 Å². The zero-order chi connectivity index (χ0) is 16.7. The SMILES string of the molecule is CCNC(=NCC(C)(C)c1cccc(F)c1)NCC1CCCO1. The molecule has 1 aliphatic rings. The van der Waals surface area contributed by atoms with Crippen molar-refractivity contribution in [3.63, 3.8) is 0 Å². The number of nitrogens with zero attached hydrogens (tertiary/aromatic N) is 1. The molecule has 4 nitrogen and oxygen atoms in total. The number of hydrogen-bond acceptors (Lipinski definition) is 2. The molecule has 2 N–H and O–H groups in total. The topological polar surface area (TPSA) is 45.7 Å². The van der Waals surface area contributed by atoms with Gasteiger partial charge in [0.15, 0.2) is 5.96 Å². The lowest BCUT2D eigenvalue weighted by Crippen LogP contribution is -2.41. The standard InChI is InChI=1S/C18H28FN3O/c1-4-20-17(21-12-16-9-6-10-23-16)22-13-18(2,3)14-7-5-8-15(19)11-14/h5,7-8,11,16H,4,6,9-10,12-13H2,1-3H3,(H2,20,21,22). The molecule has 0 aromatic heterocycles. The second-order valence-electron chi connectivity index (χ2n) is 6.61. The van der Waals surface area contributed by atoms with E-state index in [1.807, 2.05) is 13.0 Å². The monoisotopic (exact) mass is 321 g/mol. The fraction of sp³-hybridized carbons (Fsp3) is 0.611. The van der Waals surface area contributed by atoms with Crippen molar-refractivity contribution in [1.82, 2.24) is 10.6 Å². The first-order valence-electron chi connectivity index (χ1n) is 8.41. The second-order valence-corrected chi connectivity index (χ2v) is 6.61. The Balaban J connectivity index is 1.97. The van der Waals surface area contributed by atoms with Crippen LogP contribution in [-0.4, -0.2) is 38.3 Å². The summed E-state index contributed by atoms with van der Waals surface area (Å²) in [4.78, 5) is 4.67. The Bertz CT molecular complexity index is 525. The molecule has 0 bridgehead atoms. The van der Waals surface area contributed by atoms with E-state index in [1.165, 1.54) is 6.07 Å². The summed E-state index contributed by atoms with van der Waals surface area (Å²) in [6.45, 7) is 9.21. The van der Waals surface area contributed by atoms with Crippen LogP contribution < -0.4 is 10.6 Å². The zero-order valence-corrected chi connectivity index (χ0v) is 14.4. The van der Waals surface area contributed by atoms with Crippen LogP contribution in [0, 0.1) is 5.82 Å². The molecule has 1 saturated heterocycles. The fourth-order valence-electron chi connectivity index (χ4n) is 2.64. The van der Waals surface area contributed by atoms with Crippen molar-refractivity contribution in [2.45, 2.75) is 45.1 Å². The highest BCUT2D eigenvalue weighted by atomic mass is 19.1. The van der Waals surface area contributed by atoms with Crippen LogP contribution in [-0.2, 0) is 10.2 Å². The molecule has 23 heavy (non-hydrogen) atoms. The van der Waals surface area contributed by atoms with Crippen LogP contribution in [0.25, 0.3) is 0 Å². The van der Waals surface area contributed by atoms with Gasteiger partial charge in [0.1, 0.15) is 5.82 Å². The molecular formula is C18H28FN3O. The third-order valence-corrected chi connectivity index (χ3v) is 4.10. The molecule has 128 valence electrons. The predicted molar refractivity (Wildman–Crippen MR) is 92.4 cm³/mol. The van der Waals surface area contributed by atoms with E-state index in [9.17, 15) is 4.39 Å². The molecule has 1 aromatic carbocycles. The minimum atomic E-state index is -0.228. The molecule has 0 spiro atoms. The van der Waals surface area contributed by atoms with Crippen LogP contribution in [0.1, 0.15) is 39.2 Å². The molecule has 0 radical (unpaired) electrons. The van der Waals surface area contributed by atoms with Crippen molar-refractivity contribution in [2.75, 3.05) is 26.2 Å². The third-order valence-electron chi connectivity index (χ3n) is 4.10. The molecule has 1 unspecified atom stereocenters. The largest absolute Gasteiger partial charge is 0.376 e. The molecule has 1 aromatic rings. The van der Waals surface area contributed by atoms with Crippen molar-refractivity contribution >= 4 is 5.96 Å². The number of halogens is 1. The van der Waals surface area contributed by atoms with Crippen LogP contribution in [0.4, 0.5) is 4.39 Å². The Labute approximate surface area is 138 Å². The van der Waals surface area contributed by atoms with Gasteiger partial charge in [0.05, 0.1) is 12.6 Å². The first-order valence-corrected chi connectivity index (χ1v) is 8.41. The number of guanidine groups is 1. The lowest BCUT2D eigenvalue weighted by atomic mass is 9.85. The summed E-state index contributed by atoms with van der Waals surface area (Å²) in [6, 6.07) is 6.75. The fourth-order valence-corrected chi connectivity index (χ4v) is 2.64. The molecule has 5 heteroatoms. The van der Waals surface area contributed by atoms with Crippen molar-refractivity contribution in [3.8, 4) is 0 Å². The summed E-state index contributed by atoms with van der Waals surface area (Å²) < 4.78 is 19.1. The van der Waals surface area contributed by atoms with Crippen LogP contribution in [0.3, 0.4) is 0 Å². The Morgan fingerprint density at radius 2 is 2.22 bits per heavy atom. The average molecular weight is 321 g/mol. The Hall–Kier alpha value is -1.62. The Morgan fingerprint density at radius 3 is 2.87 bits per heavy atom. The summed E-state index contributed by atoms with van der Waals surface area (Å²) in [5.74, 6) is 0.579. The molecule has 1 aliphatic heterocycles. The van der Waals surface area contributed by atoms with Gasteiger partial charge in [-0.2, -0.15) is 0 Å². The lowest BCUT2D eigenvalue weighted by molar-refractivity contribution is 0.114. The first kappa shape index (κ1) is 17.7. The number of rotatable bonds is 6. The average Bonchev–Trinajstić information content (AvgIpc) is 3.03. The summed E-state index contributed by atoms with van der Waals surface area (Å²) in [5.41, 5.74) is 0.727. The van der Waals surface area contributed by atoms with Crippen molar-refractivity contribution in [3.05, 3.63) is 35.6 Å². The Kier molecular flexibility index (Phi) is 6.39. The minimum absolute atomic E-state index is 0.206. The van der Waals surface area contributed by atoms with Crippen molar-refractivity contribution in [2.24, 2.45) is 4.99 Å². The number of nitrogens with one attached hydrogen (secondary N) is 2. The molecule has 0 aliphatic carbocycles. The van der Waals surface area contributed by atoms with Gasteiger partial charge < -0.3 is 15.4 Å². The summed E-state index contributed by atoms with van der Waals surface area (Å²) >= 11 is 0. The quantitative estimate of drug-likeness (QED) is 0.625. The van der Waals surface area contributed by atoms with Crippen molar-refractivity contribution < 1.29 is 9.13 Å². The minimum Gasteiger partial charge on any atom is -0.376 e. The van der Waals surface area contributed by atoms with E-state index >= 15 is 0 Å². The second kappa shape index (κ2) is 8.29. The predicted octanol–water partition coefficient (Wildman–Crippen LogP) is 2.84. The highest BCUT2D eigenvalue weighted by Crippen LogP contribution is 2.24. The van der Waals surface area contributed by atoms with Gasteiger partial charge in [0.25, 0.3) is 0 Å². The van der Waals surface area contributed by atoms with E-state index < -0.39 is 0 Å². The van der Waals surface area contributed by atoms with Crippen LogP contribution >= 0.6 is 0 Å². The first-order chi connectivity index (χ1) is 11.0. The molecule has 2 rings (SSSR count).